The average molecular weight is 466 g/mol. The number of nitriles is 1. The molecular formula is C25H31N5O4. The van der Waals surface area contributed by atoms with Crippen molar-refractivity contribution in [2.45, 2.75) is 51.6 Å². The van der Waals surface area contributed by atoms with Crippen LogP contribution in [-0.2, 0) is 22.7 Å². The summed E-state index contributed by atoms with van der Waals surface area (Å²) < 4.78 is 5.25. The number of likely N-dealkylation sites (tertiary alicyclic amines) is 1. The lowest BCUT2D eigenvalue weighted by atomic mass is 10.0. The van der Waals surface area contributed by atoms with Crippen molar-refractivity contribution < 1.29 is 19.4 Å². The minimum absolute atomic E-state index is 0.0794. The molecule has 2 amide bonds. The molecule has 3 N–H and O–H groups in total. The second-order valence-corrected chi connectivity index (χ2v) is 8.94. The number of rotatable bonds is 9. The van der Waals surface area contributed by atoms with E-state index in [4.69, 9.17) is 10.00 Å². The molecule has 1 aromatic heterocycles. The number of ether oxygens (including phenoxy) is 1. The number of benzene rings is 1. The molecule has 0 aliphatic carbocycles. The molecule has 1 saturated heterocycles. The highest BCUT2D eigenvalue weighted by Crippen LogP contribution is 2.16. The van der Waals surface area contributed by atoms with Gasteiger partial charge in [-0.3, -0.25) is 14.7 Å². The summed E-state index contributed by atoms with van der Waals surface area (Å²) in [4.78, 5) is 31.3. The predicted molar refractivity (Wildman–Crippen MR) is 125 cm³/mol. The number of nitrogens with zero attached hydrogens (tertiary/aromatic N) is 3. The van der Waals surface area contributed by atoms with Crippen molar-refractivity contribution in [3.63, 3.8) is 0 Å². The summed E-state index contributed by atoms with van der Waals surface area (Å²) in [5.41, 5.74) is 2.42. The van der Waals surface area contributed by atoms with Gasteiger partial charge >= 0.3 is 6.09 Å². The van der Waals surface area contributed by atoms with Crippen LogP contribution in [0.2, 0.25) is 0 Å². The van der Waals surface area contributed by atoms with Crippen LogP contribution in [0, 0.1) is 17.2 Å². The van der Waals surface area contributed by atoms with E-state index in [1.807, 2.05) is 30.9 Å². The van der Waals surface area contributed by atoms with Gasteiger partial charge in [-0.25, -0.2) is 4.79 Å². The van der Waals surface area contributed by atoms with Crippen molar-refractivity contribution in [3.05, 3.63) is 65.5 Å². The highest BCUT2D eigenvalue weighted by atomic mass is 16.5. The summed E-state index contributed by atoms with van der Waals surface area (Å²) in [6.45, 7) is 5.51. The van der Waals surface area contributed by atoms with Crippen LogP contribution >= 0.6 is 0 Å². The van der Waals surface area contributed by atoms with Crippen molar-refractivity contribution in [1.29, 1.82) is 5.26 Å². The zero-order chi connectivity index (χ0) is 24.5. The minimum atomic E-state index is -0.773. The molecule has 0 radical (unpaired) electrons. The van der Waals surface area contributed by atoms with Gasteiger partial charge in [-0.2, -0.15) is 5.26 Å². The van der Waals surface area contributed by atoms with Crippen LogP contribution < -0.4 is 10.6 Å². The van der Waals surface area contributed by atoms with Crippen LogP contribution in [0.4, 0.5) is 4.79 Å². The van der Waals surface area contributed by atoms with Gasteiger partial charge < -0.3 is 20.5 Å². The molecular weight excluding hydrogens is 434 g/mol. The number of β-amino-alcohol motifs (C(OH)–C–C–N with tert-alkyl or cyclic N) is 1. The third kappa shape index (κ3) is 7.54. The zero-order valence-electron chi connectivity index (χ0n) is 19.5. The first kappa shape index (κ1) is 25.1. The van der Waals surface area contributed by atoms with Crippen molar-refractivity contribution in [2.75, 3.05) is 13.1 Å². The normalized spacial score (nSPS) is 18.8. The fourth-order valence-electron chi connectivity index (χ4n) is 3.88. The maximum absolute atomic E-state index is 13.0. The minimum Gasteiger partial charge on any atom is -0.445 e. The first-order valence-electron chi connectivity index (χ1n) is 11.4. The Kier molecular flexibility index (Phi) is 8.96. The third-order valence-corrected chi connectivity index (χ3v) is 5.62. The highest BCUT2D eigenvalue weighted by Gasteiger charge is 2.34. The van der Waals surface area contributed by atoms with Crippen LogP contribution in [0.5, 0.6) is 0 Å². The highest BCUT2D eigenvalue weighted by molar-refractivity contribution is 5.85. The fraction of sp³-hybridized carbons (Fsp3) is 0.440. The molecule has 0 saturated carbocycles. The first-order chi connectivity index (χ1) is 16.3. The van der Waals surface area contributed by atoms with Crippen molar-refractivity contribution in [2.24, 2.45) is 5.92 Å². The summed E-state index contributed by atoms with van der Waals surface area (Å²) in [5, 5.41) is 25.0. The van der Waals surface area contributed by atoms with Crippen molar-refractivity contribution in [3.8, 4) is 6.07 Å². The Balaban J connectivity index is 1.53. The SMILES string of the molecule is CC(C)C[C@H](NC(=O)OCc1ccncc1)C(=O)NC1CN(Cc2ccc(C#N)cc2)CC1O. The molecule has 1 aliphatic heterocycles. The van der Waals surface area contributed by atoms with Gasteiger partial charge in [0.15, 0.2) is 0 Å². The molecule has 3 atom stereocenters. The monoisotopic (exact) mass is 465 g/mol. The Hall–Kier alpha value is -3.48. The molecule has 34 heavy (non-hydrogen) atoms. The van der Waals surface area contributed by atoms with Gasteiger partial charge in [0.05, 0.1) is 23.8 Å². The van der Waals surface area contributed by atoms with Crippen LogP contribution in [0.15, 0.2) is 48.8 Å². The molecule has 1 aliphatic rings. The number of aromatic nitrogens is 1. The predicted octanol–water partition coefficient (Wildman–Crippen LogP) is 1.96. The maximum Gasteiger partial charge on any atom is 0.408 e. The Bertz CT molecular complexity index is 991. The Morgan fingerprint density at radius 2 is 1.88 bits per heavy atom. The third-order valence-electron chi connectivity index (χ3n) is 5.62. The van der Waals surface area contributed by atoms with E-state index in [-0.39, 0.29) is 18.4 Å². The number of hydrogen-bond donors (Lipinski definition) is 3. The lowest BCUT2D eigenvalue weighted by Crippen LogP contribution is -2.53. The summed E-state index contributed by atoms with van der Waals surface area (Å²) in [7, 11) is 0. The molecule has 9 heteroatoms. The quantitative estimate of drug-likeness (QED) is 0.516. The van der Waals surface area contributed by atoms with Crippen molar-refractivity contribution in [1.82, 2.24) is 20.5 Å². The number of aliphatic hydroxyl groups excluding tert-OH is 1. The number of nitrogens with one attached hydrogen (secondary N) is 2. The number of carbonyl (C=O) groups is 2. The van der Waals surface area contributed by atoms with Crippen molar-refractivity contribution >= 4 is 12.0 Å². The van der Waals surface area contributed by atoms with Crippen LogP contribution in [-0.4, -0.2) is 58.3 Å². The van der Waals surface area contributed by atoms with Gasteiger partial charge in [0.1, 0.15) is 12.6 Å². The Labute approximate surface area is 199 Å². The van der Waals surface area contributed by atoms with Crippen LogP contribution in [0.1, 0.15) is 37.0 Å². The molecule has 1 fully saturated rings. The van der Waals surface area contributed by atoms with E-state index in [1.54, 1.807) is 36.7 Å². The Morgan fingerprint density at radius 1 is 1.18 bits per heavy atom. The number of carbonyl (C=O) groups excluding carboxylic acids is 2. The smallest absolute Gasteiger partial charge is 0.408 e. The van der Waals surface area contributed by atoms with Gasteiger partial charge in [0.25, 0.3) is 0 Å². The second-order valence-electron chi connectivity index (χ2n) is 8.94. The van der Waals surface area contributed by atoms with Gasteiger partial charge in [-0.15, -0.1) is 0 Å². The van der Waals surface area contributed by atoms with Gasteiger partial charge in [-0.1, -0.05) is 26.0 Å². The van der Waals surface area contributed by atoms with E-state index >= 15 is 0 Å². The number of alkyl carbamates (subject to hydrolysis) is 1. The molecule has 180 valence electrons. The molecule has 3 rings (SSSR count). The lowest BCUT2D eigenvalue weighted by Gasteiger charge is -2.23. The molecule has 0 bridgehead atoms. The molecule has 1 aromatic carbocycles. The maximum atomic E-state index is 13.0. The summed E-state index contributed by atoms with van der Waals surface area (Å²) >= 11 is 0. The molecule has 2 heterocycles. The fourth-order valence-corrected chi connectivity index (χ4v) is 3.88. The summed E-state index contributed by atoms with van der Waals surface area (Å²) in [5.74, 6) is -0.184. The zero-order valence-corrected chi connectivity index (χ0v) is 19.5. The van der Waals surface area contributed by atoms with Gasteiger partial charge in [0, 0.05) is 32.0 Å². The topological polar surface area (TPSA) is 128 Å². The Morgan fingerprint density at radius 3 is 2.53 bits per heavy atom. The van der Waals surface area contributed by atoms with Crippen LogP contribution in [0.3, 0.4) is 0 Å². The number of pyridine rings is 1. The van der Waals surface area contributed by atoms with E-state index in [0.29, 0.717) is 31.6 Å². The number of amides is 2. The molecule has 2 aromatic rings. The number of hydrogen-bond acceptors (Lipinski definition) is 7. The molecule has 9 nitrogen and oxygen atoms in total. The average Bonchev–Trinajstić information content (AvgIpc) is 3.16. The van der Waals surface area contributed by atoms with Gasteiger partial charge in [-0.05, 0) is 47.7 Å². The lowest BCUT2D eigenvalue weighted by molar-refractivity contribution is -0.124. The molecule has 0 spiro atoms. The van der Waals surface area contributed by atoms with Gasteiger partial charge in [0.2, 0.25) is 5.91 Å². The first-order valence-corrected chi connectivity index (χ1v) is 11.4. The van der Waals surface area contributed by atoms with E-state index in [0.717, 1.165) is 11.1 Å². The summed E-state index contributed by atoms with van der Waals surface area (Å²) in [6, 6.07) is 11.7. The summed E-state index contributed by atoms with van der Waals surface area (Å²) in [6.07, 6.45) is 2.27. The van der Waals surface area contributed by atoms with Crippen LogP contribution in [0.25, 0.3) is 0 Å². The van der Waals surface area contributed by atoms with E-state index in [9.17, 15) is 14.7 Å². The van der Waals surface area contributed by atoms with E-state index in [1.165, 1.54) is 0 Å². The largest absolute Gasteiger partial charge is 0.445 e. The van der Waals surface area contributed by atoms with E-state index in [2.05, 4.69) is 21.7 Å². The standard InChI is InChI=1S/C25H31N5O4/c1-17(2)11-21(29-25(33)34-16-20-7-9-27-10-8-20)24(32)28-22-14-30(15-23(22)31)13-19-5-3-18(12-26)4-6-19/h3-10,17,21-23,31H,11,13-16H2,1-2H3,(H,28,32)(H,29,33)/t21-,22?,23?/m0/s1. The number of aliphatic hydroxyl groups is 1. The van der Waals surface area contributed by atoms with E-state index < -0.39 is 24.3 Å². The molecule has 2 unspecified atom stereocenters. The second kappa shape index (κ2) is 12.1.